The number of carbonyl (C=O) groups excluding carboxylic acids is 3. The molecule has 1 aromatic rings. The lowest BCUT2D eigenvalue weighted by Gasteiger charge is -2.42. The lowest BCUT2D eigenvalue weighted by molar-refractivity contribution is -0.129. The number of hydrogen-bond donors (Lipinski definition) is 2. The van der Waals surface area contributed by atoms with E-state index in [4.69, 9.17) is 0 Å². The first-order chi connectivity index (χ1) is 14.4. The molecule has 0 radical (unpaired) electrons. The summed E-state index contributed by atoms with van der Waals surface area (Å²) in [6.45, 7) is 7.69. The average molecular weight is 449 g/mol. The number of piperidine rings is 1. The van der Waals surface area contributed by atoms with Gasteiger partial charge in [0.15, 0.2) is 0 Å². The molecule has 7 nitrogen and oxygen atoms in total. The Hall–Kier alpha value is -2.12. The molecule has 3 fully saturated rings. The molecule has 0 bridgehead atoms. The first-order valence-electron chi connectivity index (χ1n) is 11.1. The van der Waals surface area contributed by atoms with Crippen LogP contribution < -0.4 is 10.6 Å². The summed E-state index contributed by atoms with van der Waals surface area (Å²) < 4.78 is 0. The van der Waals surface area contributed by atoms with Gasteiger partial charge in [0.05, 0.1) is 0 Å². The molecule has 4 amide bonds. The highest BCUT2D eigenvalue weighted by Gasteiger charge is 2.54. The fraction of sp³-hybridized carbons (Fsp3) is 0.609. The number of benzene rings is 1. The quantitative estimate of drug-likeness (QED) is 0.678. The van der Waals surface area contributed by atoms with Crippen molar-refractivity contribution in [1.29, 1.82) is 0 Å². The van der Waals surface area contributed by atoms with Crippen molar-refractivity contribution in [3.05, 3.63) is 35.4 Å². The molecule has 1 atom stereocenters. The fourth-order valence-corrected chi connectivity index (χ4v) is 5.03. The van der Waals surface area contributed by atoms with Gasteiger partial charge in [0.1, 0.15) is 5.54 Å². The molecular formula is C23H33ClN4O3. The molecule has 170 valence electrons. The number of carbonyl (C=O) groups is 3. The molecule has 1 spiro atoms. The number of nitrogens with one attached hydrogen (secondary N) is 2. The van der Waals surface area contributed by atoms with Crippen molar-refractivity contribution in [3.8, 4) is 0 Å². The molecule has 3 aliphatic heterocycles. The predicted molar refractivity (Wildman–Crippen MR) is 121 cm³/mol. The summed E-state index contributed by atoms with van der Waals surface area (Å²) in [4.78, 5) is 41.6. The summed E-state index contributed by atoms with van der Waals surface area (Å²) in [5.41, 5.74) is 1.10. The SMILES string of the molecule is CC(C)CN1C(=O)NC(=O)C12CCN(C(=O)c1cccc(CC3CCNC3)c1)CC2.Cl. The minimum atomic E-state index is -0.810. The van der Waals surface area contributed by atoms with E-state index in [1.165, 1.54) is 12.0 Å². The normalized spacial score (nSPS) is 22.7. The van der Waals surface area contributed by atoms with E-state index in [2.05, 4.69) is 16.7 Å². The van der Waals surface area contributed by atoms with Crippen LogP contribution in [-0.4, -0.2) is 65.9 Å². The molecule has 2 N–H and O–H groups in total. The highest BCUT2D eigenvalue weighted by atomic mass is 35.5. The van der Waals surface area contributed by atoms with Gasteiger partial charge in [0.2, 0.25) is 0 Å². The van der Waals surface area contributed by atoms with Crippen molar-refractivity contribution in [2.24, 2.45) is 11.8 Å². The van der Waals surface area contributed by atoms with Gasteiger partial charge in [-0.2, -0.15) is 0 Å². The van der Waals surface area contributed by atoms with Crippen LogP contribution in [0.4, 0.5) is 4.79 Å². The zero-order valence-electron chi connectivity index (χ0n) is 18.4. The van der Waals surface area contributed by atoms with Crippen LogP contribution in [0.5, 0.6) is 0 Å². The second kappa shape index (κ2) is 9.57. The van der Waals surface area contributed by atoms with Gasteiger partial charge in [-0.1, -0.05) is 26.0 Å². The van der Waals surface area contributed by atoms with Gasteiger partial charge in [-0.25, -0.2) is 4.79 Å². The Morgan fingerprint density at radius 3 is 2.61 bits per heavy atom. The van der Waals surface area contributed by atoms with Gasteiger partial charge in [0.25, 0.3) is 11.8 Å². The number of nitrogens with zero attached hydrogens (tertiary/aromatic N) is 2. The van der Waals surface area contributed by atoms with E-state index in [1.54, 1.807) is 4.90 Å². The first-order valence-corrected chi connectivity index (χ1v) is 11.1. The van der Waals surface area contributed by atoms with Crippen LogP contribution in [0.1, 0.15) is 49.0 Å². The van der Waals surface area contributed by atoms with Crippen LogP contribution in [0.15, 0.2) is 24.3 Å². The van der Waals surface area contributed by atoms with Gasteiger partial charge in [-0.3, -0.25) is 14.9 Å². The maximum absolute atomic E-state index is 13.1. The van der Waals surface area contributed by atoms with Crippen LogP contribution in [0.2, 0.25) is 0 Å². The van der Waals surface area contributed by atoms with Crippen molar-refractivity contribution >= 4 is 30.3 Å². The molecule has 0 saturated carbocycles. The molecule has 3 heterocycles. The molecule has 1 aromatic carbocycles. The number of urea groups is 1. The van der Waals surface area contributed by atoms with Crippen molar-refractivity contribution < 1.29 is 14.4 Å². The van der Waals surface area contributed by atoms with Crippen LogP contribution in [-0.2, 0) is 11.2 Å². The van der Waals surface area contributed by atoms with Gasteiger partial charge < -0.3 is 15.1 Å². The number of amides is 4. The van der Waals surface area contributed by atoms with Gasteiger partial charge in [0, 0.05) is 25.2 Å². The highest BCUT2D eigenvalue weighted by molar-refractivity contribution is 6.07. The van der Waals surface area contributed by atoms with Crippen molar-refractivity contribution in [2.45, 2.75) is 45.1 Å². The lowest BCUT2D eigenvalue weighted by Crippen LogP contribution is -2.58. The summed E-state index contributed by atoms with van der Waals surface area (Å²) in [6.07, 6.45) is 3.14. The maximum Gasteiger partial charge on any atom is 0.325 e. The van der Waals surface area contributed by atoms with Gasteiger partial charge >= 0.3 is 6.03 Å². The van der Waals surface area contributed by atoms with E-state index in [9.17, 15) is 14.4 Å². The molecule has 4 rings (SSSR count). The number of rotatable bonds is 5. The molecule has 3 saturated heterocycles. The van der Waals surface area contributed by atoms with E-state index in [1.807, 2.05) is 36.9 Å². The standard InChI is InChI=1S/C23H32N4O3.ClH/c1-16(2)15-27-22(30)25-21(29)23(27)7-10-26(11-8-23)20(28)19-5-3-4-17(13-19)12-18-6-9-24-14-18;/h3-5,13,16,18,24H,6-12,14-15H2,1-2H3,(H,25,29,30);1H. The number of halogens is 1. The Labute approximate surface area is 190 Å². The minimum Gasteiger partial charge on any atom is -0.338 e. The smallest absolute Gasteiger partial charge is 0.325 e. The summed E-state index contributed by atoms with van der Waals surface area (Å²) in [5.74, 6) is 0.704. The molecule has 8 heteroatoms. The zero-order valence-corrected chi connectivity index (χ0v) is 19.2. The molecule has 0 aliphatic carbocycles. The van der Waals surface area contributed by atoms with Crippen molar-refractivity contribution in [1.82, 2.24) is 20.4 Å². The Bertz CT molecular complexity index is 830. The number of likely N-dealkylation sites (tertiary alicyclic amines) is 1. The second-order valence-corrected chi connectivity index (χ2v) is 9.35. The third kappa shape index (κ3) is 4.72. The topological polar surface area (TPSA) is 81.8 Å². The third-order valence-electron chi connectivity index (χ3n) is 6.69. The fourth-order valence-electron chi connectivity index (χ4n) is 5.03. The van der Waals surface area contributed by atoms with Gasteiger partial charge in [-0.15, -0.1) is 12.4 Å². The van der Waals surface area contributed by atoms with Crippen LogP contribution in [0.3, 0.4) is 0 Å². The van der Waals surface area contributed by atoms with E-state index in [0.717, 1.165) is 19.5 Å². The maximum atomic E-state index is 13.1. The molecule has 1 unspecified atom stereocenters. The summed E-state index contributed by atoms with van der Waals surface area (Å²) in [5, 5.41) is 5.88. The molecular weight excluding hydrogens is 416 g/mol. The summed E-state index contributed by atoms with van der Waals surface area (Å²) >= 11 is 0. The summed E-state index contributed by atoms with van der Waals surface area (Å²) in [7, 11) is 0. The number of imide groups is 1. The summed E-state index contributed by atoms with van der Waals surface area (Å²) in [6, 6.07) is 7.65. The Morgan fingerprint density at radius 1 is 1.23 bits per heavy atom. The first kappa shape index (κ1) is 23.5. The highest BCUT2D eigenvalue weighted by Crippen LogP contribution is 2.34. The van der Waals surface area contributed by atoms with Crippen molar-refractivity contribution in [2.75, 3.05) is 32.7 Å². The van der Waals surface area contributed by atoms with Crippen molar-refractivity contribution in [3.63, 3.8) is 0 Å². The molecule has 31 heavy (non-hydrogen) atoms. The van der Waals surface area contributed by atoms with Crippen LogP contribution in [0, 0.1) is 11.8 Å². The van der Waals surface area contributed by atoms with E-state index in [-0.39, 0.29) is 36.2 Å². The monoisotopic (exact) mass is 448 g/mol. The lowest BCUT2D eigenvalue weighted by atomic mass is 9.85. The van der Waals surface area contributed by atoms with E-state index >= 15 is 0 Å². The number of hydrogen-bond acceptors (Lipinski definition) is 4. The average Bonchev–Trinajstić information content (AvgIpc) is 3.31. The molecule has 0 aromatic heterocycles. The molecule has 3 aliphatic rings. The Kier molecular flexibility index (Phi) is 7.27. The zero-order chi connectivity index (χ0) is 21.3. The van der Waals surface area contributed by atoms with Gasteiger partial charge in [-0.05, 0) is 68.3 Å². The predicted octanol–water partition coefficient (Wildman–Crippen LogP) is 2.44. The second-order valence-electron chi connectivity index (χ2n) is 9.35. The minimum absolute atomic E-state index is 0. The van der Waals surface area contributed by atoms with E-state index in [0.29, 0.717) is 44.0 Å². The Morgan fingerprint density at radius 2 is 1.97 bits per heavy atom. The Balaban J connectivity index is 0.00000272. The van der Waals surface area contributed by atoms with E-state index < -0.39 is 5.54 Å². The third-order valence-corrected chi connectivity index (χ3v) is 6.69. The van der Waals surface area contributed by atoms with Crippen LogP contribution in [0.25, 0.3) is 0 Å². The largest absolute Gasteiger partial charge is 0.338 e. The van der Waals surface area contributed by atoms with Crippen LogP contribution >= 0.6 is 12.4 Å².